The second kappa shape index (κ2) is 7.03. The van der Waals surface area contributed by atoms with Gasteiger partial charge in [0.15, 0.2) is 0 Å². The van der Waals surface area contributed by atoms with Gasteiger partial charge in [0.2, 0.25) is 0 Å². The van der Waals surface area contributed by atoms with E-state index in [1.807, 2.05) is 36.6 Å². The highest BCUT2D eigenvalue weighted by Gasteiger charge is 2.14. The van der Waals surface area contributed by atoms with Crippen molar-refractivity contribution in [2.75, 3.05) is 19.6 Å². The van der Waals surface area contributed by atoms with Crippen LogP contribution in [0.15, 0.2) is 29.6 Å². The number of thiazole rings is 1. The molecule has 0 saturated carbocycles. The first-order chi connectivity index (χ1) is 10.7. The van der Waals surface area contributed by atoms with Gasteiger partial charge in [-0.25, -0.2) is 4.98 Å². The van der Waals surface area contributed by atoms with Gasteiger partial charge in [-0.2, -0.15) is 0 Å². The van der Waals surface area contributed by atoms with Gasteiger partial charge in [-0.3, -0.25) is 4.79 Å². The third-order valence-corrected chi connectivity index (χ3v) is 4.81. The monoisotopic (exact) mass is 315 g/mol. The molecule has 2 aromatic rings. The summed E-state index contributed by atoms with van der Waals surface area (Å²) in [5, 5.41) is 9.44. The maximum Gasteiger partial charge on any atom is 0.251 e. The highest BCUT2D eigenvalue weighted by Crippen LogP contribution is 2.22. The van der Waals surface area contributed by atoms with Crippen LogP contribution in [0.2, 0.25) is 0 Å². The van der Waals surface area contributed by atoms with E-state index in [4.69, 9.17) is 0 Å². The Hall–Kier alpha value is -1.72. The Kier molecular flexibility index (Phi) is 4.85. The van der Waals surface area contributed by atoms with Crippen molar-refractivity contribution in [1.82, 2.24) is 15.6 Å². The first-order valence-corrected chi connectivity index (χ1v) is 8.62. The van der Waals surface area contributed by atoms with Gasteiger partial charge in [0.1, 0.15) is 0 Å². The molecule has 0 radical (unpaired) electrons. The third-order valence-electron chi connectivity index (χ3n) is 4.04. The zero-order valence-electron chi connectivity index (χ0n) is 12.8. The van der Waals surface area contributed by atoms with Crippen LogP contribution in [0.3, 0.4) is 0 Å². The fraction of sp³-hybridized carbons (Fsp3) is 0.412. The minimum atomic E-state index is -0.000224. The van der Waals surface area contributed by atoms with Crippen molar-refractivity contribution in [1.29, 1.82) is 0 Å². The van der Waals surface area contributed by atoms with E-state index in [0.29, 0.717) is 11.5 Å². The Morgan fingerprint density at radius 1 is 1.50 bits per heavy atom. The molecular weight excluding hydrogens is 294 g/mol. The van der Waals surface area contributed by atoms with Crippen molar-refractivity contribution in [2.24, 2.45) is 5.92 Å². The minimum Gasteiger partial charge on any atom is -0.352 e. The molecule has 2 N–H and O–H groups in total. The van der Waals surface area contributed by atoms with E-state index < -0.39 is 0 Å². The van der Waals surface area contributed by atoms with Crippen molar-refractivity contribution in [3.8, 4) is 11.3 Å². The molecule has 1 saturated heterocycles. The lowest BCUT2D eigenvalue weighted by atomic mass is 10.0. The van der Waals surface area contributed by atoms with Crippen LogP contribution in [-0.4, -0.2) is 30.5 Å². The van der Waals surface area contributed by atoms with Gasteiger partial charge in [0, 0.05) is 23.1 Å². The number of hydrogen-bond donors (Lipinski definition) is 2. The smallest absolute Gasteiger partial charge is 0.251 e. The van der Waals surface area contributed by atoms with E-state index in [0.717, 1.165) is 42.3 Å². The standard InChI is InChI=1S/C17H21N3OS/c1-12-20-16(11-22-12)14-3-2-4-15(9-14)17(21)19-8-6-13-5-7-18-10-13/h2-4,9,11,13,18H,5-8,10H2,1H3,(H,19,21). The second-order valence-corrected chi connectivity index (χ2v) is 6.80. The molecule has 1 aliphatic heterocycles. The molecule has 1 aromatic heterocycles. The quantitative estimate of drug-likeness (QED) is 0.892. The van der Waals surface area contributed by atoms with Crippen LogP contribution in [-0.2, 0) is 0 Å². The molecule has 0 bridgehead atoms. The van der Waals surface area contributed by atoms with Crippen molar-refractivity contribution in [3.05, 3.63) is 40.2 Å². The molecule has 1 aromatic carbocycles. The molecule has 0 spiro atoms. The lowest BCUT2D eigenvalue weighted by molar-refractivity contribution is 0.0951. The fourth-order valence-corrected chi connectivity index (χ4v) is 3.39. The molecule has 116 valence electrons. The van der Waals surface area contributed by atoms with E-state index in [1.54, 1.807) is 11.3 Å². The van der Waals surface area contributed by atoms with Gasteiger partial charge < -0.3 is 10.6 Å². The molecule has 1 fully saturated rings. The Balaban J connectivity index is 1.60. The van der Waals surface area contributed by atoms with Crippen LogP contribution in [0.5, 0.6) is 0 Å². The van der Waals surface area contributed by atoms with Gasteiger partial charge in [-0.1, -0.05) is 12.1 Å². The average molecular weight is 315 g/mol. The molecule has 3 rings (SSSR count). The van der Waals surface area contributed by atoms with Crippen LogP contribution < -0.4 is 10.6 Å². The van der Waals surface area contributed by atoms with Crippen LogP contribution in [0, 0.1) is 12.8 Å². The highest BCUT2D eigenvalue weighted by atomic mass is 32.1. The number of carbonyl (C=O) groups excluding carboxylic acids is 1. The predicted octanol–water partition coefficient (Wildman–Crippen LogP) is 2.85. The first kappa shape index (κ1) is 15.2. The summed E-state index contributed by atoms with van der Waals surface area (Å²) in [6, 6.07) is 7.69. The molecule has 1 atom stereocenters. The maximum atomic E-state index is 12.3. The molecule has 2 heterocycles. The van der Waals surface area contributed by atoms with Crippen molar-refractivity contribution >= 4 is 17.2 Å². The topological polar surface area (TPSA) is 54.0 Å². The Bertz CT molecular complexity index is 647. The summed E-state index contributed by atoms with van der Waals surface area (Å²) in [7, 11) is 0. The molecule has 4 nitrogen and oxygen atoms in total. The lowest BCUT2D eigenvalue weighted by Gasteiger charge is -2.10. The lowest BCUT2D eigenvalue weighted by Crippen LogP contribution is -2.26. The van der Waals surface area contributed by atoms with E-state index in [1.165, 1.54) is 6.42 Å². The molecule has 1 amide bonds. The summed E-state index contributed by atoms with van der Waals surface area (Å²) >= 11 is 1.62. The number of benzene rings is 1. The zero-order valence-corrected chi connectivity index (χ0v) is 13.6. The predicted molar refractivity (Wildman–Crippen MR) is 90.2 cm³/mol. The summed E-state index contributed by atoms with van der Waals surface area (Å²) in [5.74, 6) is 0.698. The van der Waals surface area contributed by atoms with E-state index in [9.17, 15) is 4.79 Å². The van der Waals surface area contributed by atoms with Gasteiger partial charge >= 0.3 is 0 Å². The molecular formula is C17H21N3OS. The average Bonchev–Trinajstić information content (AvgIpc) is 3.19. The highest BCUT2D eigenvalue weighted by molar-refractivity contribution is 7.09. The molecule has 0 aliphatic carbocycles. The summed E-state index contributed by atoms with van der Waals surface area (Å²) in [5.41, 5.74) is 2.64. The van der Waals surface area contributed by atoms with Crippen LogP contribution in [0.25, 0.3) is 11.3 Å². The number of rotatable bonds is 5. The number of aryl methyl sites for hydroxylation is 1. The van der Waals surface area contributed by atoms with Crippen molar-refractivity contribution in [3.63, 3.8) is 0 Å². The molecule has 1 unspecified atom stereocenters. The van der Waals surface area contributed by atoms with Crippen molar-refractivity contribution in [2.45, 2.75) is 19.8 Å². The van der Waals surface area contributed by atoms with Gasteiger partial charge in [-0.05, 0) is 50.9 Å². The zero-order chi connectivity index (χ0) is 15.4. The number of amides is 1. The Morgan fingerprint density at radius 2 is 2.41 bits per heavy atom. The summed E-state index contributed by atoms with van der Waals surface area (Å²) in [6.45, 7) is 4.91. The number of carbonyl (C=O) groups is 1. The van der Waals surface area contributed by atoms with Gasteiger partial charge in [0.25, 0.3) is 5.91 Å². The first-order valence-electron chi connectivity index (χ1n) is 7.74. The summed E-state index contributed by atoms with van der Waals surface area (Å²) in [6.07, 6.45) is 2.26. The number of nitrogens with one attached hydrogen (secondary N) is 2. The minimum absolute atomic E-state index is 0.000224. The number of nitrogens with zero attached hydrogens (tertiary/aromatic N) is 1. The van der Waals surface area contributed by atoms with Crippen LogP contribution in [0.1, 0.15) is 28.2 Å². The fourth-order valence-electron chi connectivity index (χ4n) is 2.77. The normalized spacial score (nSPS) is 17.6. The maximum absolute atomic E-state index is 12.3. The molecule has 1 aliphatic rings. The van der Waals surface area contributed by atoms with E-state index in [-0.39, 0.29) is 5.91 Å². The van der Waals surface area contributed by atoms with Crippen LogP contribution in [0.4, 0.5) is 0 Å². The van der Waals surface area contributed by atoms with Gasteiger partial charge in [-0.15, -0.1) is 11.3 Å². The van der Waals surface area contributed by atoms with Gasteiger partial charge in [0.05, 0.1) is 10.7 Å². The Labute approximate surface area is 135 Å². The summed E-state index contributed by atoms with van der Waals surface area (Å²) in [4.78, 5) is 16.7. The number of hydrogen-bond acceptors (Lipinski definition) is 4. The number of aromatic nitrogens is 1. The van der Waals surface area contributed by atoms with E-state index in [2.05, 4.69) is 15.6 Å². The second-order valence-electron chi connectivity index (χ2n) is 5.74. The largest absolute Gasteiger partial charge is 0.352 e. The summed E-state index contributed by atoms with van der Waals surface area (Å²) < 4.78 is 0. The van der Waals surface area contributed by atoms with Crippen molar-refractivity contribution < 1.29 is 4.79 Å². The SMILES string of the molecule is Cc1nc(-c2cccc(C(=O)NCCC3CCNC3)c2)cs1. The van der Waals surface area contributed by atoms with E-state index >= 15 is 0 Å². The molecule has 22 heavy (non-hydrogen) atoms. The Morgan fingerprint density at radius 3 is 3.14 bits per heavy atom. The third kappa shape index (κ3) is 3.72. The molecule has 5 heteroatoms. The van der Waals surface area contributed by atoms with Crippen LogP contribution >= 0.6 is 11.3 Å².